The highest BCUT2D eigenvalue weighted by Crippen LogP contribution is 2.33. The molecule has 0 aliphatic heterocycles. The minimum absolute atomic E-state index is 1.25. The van der Waals surface area contributed by atoms with Crippen molar-refractivity contribution in [1.29, 1.82) is 0 Å². The van der Waals surface area contributed by atoms with E-state index < -0.39 is 0 Å². The van der Waals surface area contributed by atoms with E-state index in [9.17, 15) is 0 Å². The summed E-state index contributed by atoms with van der Waals surface area (Å²) in [5, 5.41) is 8.39. The van der Waals surface area contributed by atoms with Gasteiger partial charge in [-0.3, -0.25) is 0 Å². The Balaban J connectivity index is 0.000000140. The molecule has 0 atom stereocenters. The Hall–Kier alpha value is -3.12. The number of benzene rings is 5. The third kappa shape index (κ3) is 3.37. The zero-order valence-electron chi connectivity index (χ0n) is 17.9. The highest BCUT2D eigenvalue weighted by Gasteiger charge is 2.13. The summed E-state index contributed by atoms with van der Waals surface area (Å²) in [6.45, 7) is 4.31. The molecule has 5 aromatic carbocycles. The average molecular weight is 389 g/mol. The first kappa shape index (κ1) is 18.9. The zero-order valence-corrected chi connectivity index (χ0v) is 17.9. The Morgan fingerprint density at radius 3 is 1.87 bits per heavy atom. The quantitative estimate of drug-likeness (QED) is 0.234. The number of fused-ring (bicyclic) bond motifs is 6. The van der Waals surface area contributed by atoms with E-state index in [1.54, 1.807) is 11.1 Å². The molecule has 0 N–H and O–H groups in total. The number of hydrogen-bond donors (Lipinski definition) is 0. The van der Waals surface area contributed by atoms with Gasteiger partial charge in [-0.25, -0.2) is 0 Å². The molecule has 1 aliphatic rings. The molecule has 6 rings (SSSR count). The van der Waals surface area contributed by atoms with Crippen LogP contribution in [0.15, 0.2) is 84.9 Å². The molecule has 0 amide bonds. The van der Waals surface area contributed by atoms with E-state index in [2.05, 4.69) is 98.8 Å². The lowest BCUT2D eigenvalue weighted by Crippen LogP contribution is -2.02. The van der Waals surface area contributed by atoms with Gasteiger partial charge in [0.15, 0.2) is 0 Å². The van der Waals surface area contributed by atoms with Crippen LogP contribution in [0, 0.1) is 13.8 Å². The van der Waals surface area contributed by atoms with Gasteiger partial charge in [-0.05, 0) is 94.1 Å². The summed E-state index contributed by atoms with van der Waals surface area (Å²) < 4.78 is 0. The largest absolute Gasteiger partial charge is 0.0616 e. The van der Waals surface area contributed by atoms with E-state index in [-0.39, 0.29) is 0 Å². The minimum atomic E-state index is 1.25. The predicted octanol–water partition coefficient (Wildman–Crippen LogP) is 8.33. The van der Waals surface area contributed by atoms with E-state index in [1.807, 2.05) is 0 Å². The first-order valence-corrected chi connectivity index (χ1v) is 11.1. The van der Waals surface area contributed by atoms with Crippen LogP contribution in [0.2, 0.25) is 0 Å². The normalized spacial score (nSPS) is 13.1. The molecule has 0 nitrogen and oxygen atoms in total. The first-order chi connectivity index (χ1) is 14.7. The SMILES string of the molecule is Cc1cccc2c(C)cccc12.c1ccc2c(c1)ccc1c3c(ccc12)CCCC3. The molecule has 1 aliphatic carbocycles. The van der Waals surface area contributed by atoms with Crippen molar-refractivity contribution in [2.24, 2.45) is 0 Å². The molecule has 0 radical (unpaired) electrons. The van der Waals surface area contributed by atoms with Crippen LogP contribution in [0.5, 0.6) is 0 Å². The van der Waals surface area contributed by atoms with Gasteiger partial charge in [0.05, 0.1) is 0 Å². The molecule has 0 saturated carbocycles. The minimum Gasteiger partial charge on any atom is -0.0616 e. The molecule has 5 aromatic rings. The van der Waals surface area contributed by atoms with Gasteiger partial charge >= 0.3 is 0 Å². The fraction of sp³-hybridized carbons (Fsp3) is 0.200. The van der Waals surface area contributed by atoms with Crippen LogP contribution in [-0.4, -0.2) is 0 Å². The van der Waals surface area contributed by atoms with Gasteiger partial charge in [0.25, 0.3) is 0 Å². The lowest BCUT2D eigenvalue weighted by atomic mass is 9.86. The molecular weight excluding hydrogens is 360 g/mol. The maximum absolute atomic E-state index is 2.35. The second-order valence-corrected chi connectivity index (χ2v) is 8.54. The molecule has 0 spiro atoms. The summed E-state index contributed by atoms with van der Waals surface area (Å²) >= 11 is 0. The van der Waals surface area contributed by atoms with Crippen LogP contribution in [0.1, 0.15) is 35.1 Å². The predicted molar refractivity (Wildman–Crippen MR) is 132 cm³/mol. The molecule has 30 heavy (non-hydrogen) atoms. The number of aryl methyl sites for hydroxylation is 4. The second-order valence-electron chi connectivity index (χ2n) is 8.54. The summed E-state index contributed by atoms with van der Waals surface area (Å²) in [5.74, 6) is 0. The summed E-state index contributed by atoms with van der Waals surface area (Å²) in [4.78, 5) is 0. The van der Waals surface area contributed by atoms with Crippen LogP contribution >= 0.6 is 0 Å². The Labute approximate surface area is 179 Å². The van der Waals surface area contributed by atoms with Crippen LogP contribution in [0.25, 0.3) is 32.3 Å². The molecule has 0 saturated heterocycles. The molecule has 0 fully saturated rings. The van der Waals surface area contributed by atoms with Crippen LogP contribution in [0.3, 0.4) is 0 Å². The van der Waals surface area contributed by atoms with Crippen LogP contribution < -0.4 is 0 Å². The molecular formula is C30H28. The van der Waals surface area contributed by atoms with Gasteiger partial charge in [-0.2, -0.15) is 0 Å². The molecule has 0 heterocycles. The highest BCUT2D eigenvalue weighted by atomic mass is 14.2. The van der Waals surface area contributed by atoms with Crippen molar-refractivity contribution in [1.82, 2.24) is 0 Å². The second kappa shape index (κ2) is 7.95. The smallest absolute Gasteiger partial charge is 0.0102 e. The van der Waals surface area contributed by atoms with Crippen molar-refractivity contribution in [3.8, 4) is 0 Å². The third-order valence-electron chi connectivity index (χ3n) is 6.62. The van der Waals surface area contributed by atoms with Gasteiger partial charge in [-0.1, -0.05) is 84.9 Å². The summed E-state index contributed by atoms with van der Waals surface area (Å²) in [7, 11) is 0. The Bertz CT molecular complexity index is 1320. The third-order valence-corrected chi connectivity index (χ3v) is 6.62. The van der Waals surface area contributed by atoms with Crippen molar-refractivity contribution in [3.63, 3.8) is 0 Å². The monoisotopic (exact) mass is 388 g/mol. The van der Waals surface area contributed by atoms with Crippen molar-refractivity contribution < 1.29 is 0 Å². The fourth-order valence-corrected chi connectivity index (χ4v) is 4.97. The Morgan fingerprint density at radius 1 is 0.467 bits per heavy atom. The van der Waals surface area contributed by atoms with Crippen molar-refractivity contribution in [2.45, 2.75) is 39.5 Å². The molecule has 0 heteroatoms. The Kier molecular flexibility index (Phi) is 5.01. The number of rotatable bonds is 0. The van der Waals surface area contributed by atoms with E-state index >= 15 is 0 Å². The lowest BCUT2D eigenvalue weighted by Gasteiger charge is -2.18. The summed E-state index contributed by atoms with van der Waals surface area (Å²) in [6.07, 6.45) is 5.22. The van der Waals surface area contributed by atoms with Crippen molar-refractivity contribution in [2.75, 3.05) is 0 Å². The summed E-state index contributed by atoms with van der Waals surface area (Å²) in [6, 6.07) is 30.9. The van der Waals surface area contributed by atoms with Crippen molar-refractivity contribution in [3.05, 3.63) is 107 Å². The summed E-state index contributed by atoms with van der Waals surface area (Å²) in [5.41, 5.74) is 5.89. The molecule has 148 valence electrons. The maximum Gasteiger partial charge on any atom is -0.0102 e. The topological polar surface area (TPSA) is 0 Å². The van der Waals surface area contributed by atoms with Gasteiger partial charge in [-0.15, -0.1) is 0 Å². The van der Waals surface area contributed by atoms with Crippen LogP contribution in [0.4, 0.5) is 0 Å². The van der Waals surface area contributed by atoms with E-state index in [1.165, 1.54) is 69.1 Å². The fourth-order valence-electron chi connectivity index (χ4n) is 4.97. The lowest BCUT2D eigenvalue weighted by molar-refractivity contribution is 0.690. The maximum atomic E-state index is 2.35. The van der Waals surface area contributed by atoms with Crippen molar-refractivity contribution >= 4 is 32.3 Å². The van der Waals surface area contributed by atoms with Gasteiger partial charge in [0.1, 0.15) is 0 Å². The number of hydrogen-bond acceptors (Lipinski definition) is 0. The Morgan fingerprint density at radius 2 is 1.10 bits per heavy atom. The van der Waals surface area contributed by atoms with E-state index in [4.69, 9.17) is 0 Å². The van der Waals surface area contributed by atoms with Gasteiger partial charge in [0, 0.05) is 0 Å². The van der Waals surface area contributed by atoms with E-state index in [0.717, 1.165) is 0 Å². The first-order valence-electron chi connectivity index (χ1n) is 11.1. The average Bonchev–Trinajstić information content (AvgIpc) is 2.80. The zero-order chi connectivity index (χ0) is 20.5. The van der Waals surface area contributed by atoms with Gasteiger partial charge < -0.3 is 0 Å². The molecule has 0 bridgehead atoms. The highest BCUT2D eigenvalue weighted by molar-refractivity contribution is 6.08. The molecule has 0 aromatic heterocycles. The van der Waals surface area contributed by atoms with Gasteiger partial charge in [0.2, 0.25) is 0 Å². The standard InChI is InChI=1S/C18H16.C12H12/c1-3-7-15-13(5-1)9-11-18-16-8-4-2-6-14(16)10-12-17(15)18;1-9-5-3-8-12-10(2)6-4-7-11(9)12/h1,3,5,7,9-12H,2,4,6,8H2;3-8H,1-2H3. The molecule has 0 unspecified atom stereocenters. The van der Waals surface area contributed by atoms with Crippen LogP contribution in [-0.2, 0) is 12.8 Å². The van der Waals surface area contributed by atoms with E-state index in [0.29, 0.717) is 0 Å².